The molecule has 1 heterocycles. The van der Waals surface area contributed by atoms with Crippen LogP contribution in [-0.4, -0.2) is 29.3 Å². The molecule has 1 N–H and O–H groups in total. The van der Waals surface area contributed by atoms with Gasteiger partial charge in [-0.25, -0.2) is 9.37 Å². The lowest BCUT2D eigenvalue weighted by atomic mass is 10.1. The third-order valence-electron chi connectivity index (χ3n) is 3.36. The van der Waals surface area contributed by atoms with E-state index in [9.17, 15) is 4.39 Å². The number of halogens is 1. The fourth-order valence-electron chi connectivity index (χ4n) is 2.41. The van der Waals surface area contributed by atoms with E-state index in [1.165, 1.54) is 0 Å². The first kappa shape index (κ1) is 15.5. The molecule has 2 rings (SSSR count). The van der Waals surface area contributed by atoms with Gasteiger partial charge in [0.15, 0.2) is 0 Å². The highest BCUT2D eigenvalue weighted by Gasteiger charge is 2.09. The SMILES string of the molecule is COCC(C)Nc1nccn1Cc1cc(C)c(F)c(C)c1. The van der Waals surface area contributed by atoms with Gasteiger partial charge in [0, 0.05) is 25.5 Å². The smallest absolute Gasteiger partial charge is 0.203 e. The molecule has 1 aromatic heterocycles. The summed E-state index contributed by atoms with van der Waals surface area (Å²) in [6, 6.07) is 3.93. The van der Waals surface area contributed by atoms with E-state index in [0.717, 1.165) is 11.5 Å². The second-order valence-electron chi connectivity index (χ2n) is 5.42. The van der Waals surface area contributed by atoms with Crippen LogP contribution >= 0.6 is 0 Å². The number of nitrogens with one attached hydrogen (secondary N) is 1. The molecule has 0 bridgehead atoms. The van der Waals surface area contributed by atoms with Crippen LogP contribution in [0.15, 0.2) is 24.5 Å². The van der Waals surface area contributed by atoms with Crippen molar-refractivity contribution in [3.05, 3.63) is 47.0 Å². The van der Waals surface area contributed by atoms with Crippen molar-refractivity contribution >= 4 is 5.95 Å². The van der Waals surface area contributed by atoms with Gasteiger partial charge in [-0.15, -0.1) is 0 Å². The Bertz CT molecular complexity index is 586. The predicted molar refractivity (Wildman–Crippen MR) is 82.2 cm³/mol. The summed E-state index contributed by atoms with van der Waals surface area (Å²) in [5.74, 6) is 0.663. The van der Waals surface area contributed by atoms with Crippen LogP contribution in [0.25, 0.3) is 0 Å². The zero-order valence-electron chi connectivity index (χ0n) is 13.0. The summed E-state index contributed by atoms with van der Waals surface area (Å²) in [4.78, 5) is 4.32. The van der Waals surface area contributed by atoms with E-state index in [1.807, 2.05) is 29.8 Å². The molecule has 1 atom stereocenters. The van der Waals surface area contributed by atoms with E-state index in [1.54, 1.807) is 27.2 Å². The summed E-state index contributed by atoms with van der Waals surface area (Å²) in [6.45, 7) is 6.89. The number of imidazole rings is 1. The highest BCUT2D eigenvalue weighted by atomic mass is 19.1. The summed E-state index contributed by atoms with van der Waals surface area (Å²) in [6.07, 6.45) is 3.67. The second-order valence-corrected chi connectivity index (χ2v) is 5.42. The molecule has 0 saturated heterocycles. The summed E-state index contributed by atoms with van der Waals surface area (Å²) in [5.41, 5.74) is 2.41. The maximum Gasteiger partial charge on any atom is 0.203 e. The first-order valence-electron chi connectivity index (χ1n) is 7.03. The Hall–Kier alpha value is -1.88. The topological polar surface area (TPSA) is 39.1 Å². The molecule has 21 heavy (non-hydrogen) atoms. The fraction of sp³-hybridized carbons (Fsp3) is 0.438. The molecular weight excluding hydrogens is 269 g/mol. The molecule has 4 nitrogen and oxygen atoms in total. The Kier molecular flexibility index (Phi) is 4.96. The molecule has 1 unspecified atom stereocenters. The van der Waals surface area contributed by atoms with E-state index >= 15 is 0 Å². The maximum atomic E-state index is 13.7. The average molecular weight is 291 g/mol. The van der Waals surface area contributed by atoms with E-state index in [2.05, 4.69) is 10.3 Å². The number of hydrogen-bond acceptors (Lipinski definition) is 3. The predicted octanol–water partition coefficient (Wildman–Crippen LogP) is 3.13. The molecule has 0 radical (unpaired) electrons. The maximum absolute atomic E-state index is 13.7. The van der Waals surface area contributed by atoms with Crippen molar-refractivity contribution in [2.75, 3.05) is 19.0 Å². The van der Waals surface area contributed by atoms with Crippen LogP contribution in [0.2, 0.25) is 0 Å². The van der Waals surface area contributed by atoms with Gasteiger partial charge in [-0.05, 0) is 37.5 Å². The number of nitrogens with zero attached hydrogens (tertiary/aromatic N) is 2. The number of ether oxygens (including phenoxy) is 1. The highest BCUT2D eigenvalue weighted by Crippen LogP contribution is 2.17. The molecule has 0 spiro atoms. The van der Waals surface area contributed by atoms with E-state index in [4.69, 9.17) is 4.74 Å². The number of aromatic nitrogens is 2. The molecule has 0 aliphatic heterocycles. The quantitative estimate of drug-likeness (QED) is 0.888. The van der Waals surface area contributed by atoms with E-state index in [0.29, 0.717) is 24.3 Å². The van der Waals surface area contributed by atoms with Gasteiger partial charge in [0.2, 0.25) is 5.95 Å². The summed E-state index contributed by atoms with van der Waals surface area (Å²) in [5, 5.41) is 3.31. The lowest BCUT2D eigenvalue weighted by molar-refractivity contribution is 0.190. The number of aryl methyl sites for hydroxylation is 2. The van der Waals surface area contributed by atoms with Gasteiger partial charge >= 0.3 is 0 Å². The molecule has 0 aliphatic rings. The van der Waals surface area contributed by atoms with Crippen LogP contribution in [-0.2, 0) is 11.3 Å². The molecule has 0 saturated carbocycles. The standard InChI is InChI=1S/C16H22FN3O/c1-11-7-14(8-12(2)15(11)17)9-20-6-5-18-16(20)19-13(3)10-21-4/h5-8,13H,9-10H2,1-4H3,(H,18,19). The summed E-state index contributed by atoms with van der Waals surface area (Å²) < 4.78 is 20.8. The molecule has 2 aromatic rings. The Morgan fingerprint density at radius 2 is 2.00 bits per heavy atom. The molecule has 0 fully saturated rings. The lowest BCUT2D eigenvalue weighted by Crippen LogP contribution is -2.23. The zero-order chi connectivity index (χ0) is 15.4. The first-order valence-corrected chi connectivity index (χ1v) is 7.03. The molecular formula is C16H22FN3O. The third kappa shape index (κ3) is 3.82. The van der Waals surface area contributed by atoms with Crippen LogP contribution in [0.3, 0.4) is 0 Å². The van der Waals surface area contributed by atoms with Gasteiger partial charge in [-0.2, -0.15) is 0 Å². The van der Waals surface area contributed by atoms with Crippen molar-refractivity contribution < 1.29 is 9.13 Å². The van der Waals surface area contributed by atoms with Gasteiger partial charge in [0.1, 0.15) is 5.82 Å². The van der Waals surface area contributed by atoms with Crippen LogP contribution in [0, 0.1) is 19.7 Å². The molecule has 0 aliphatic carbocycles. The Morgan fingerprint density at radius 1 is 1.33 bits per heavy atom. The van der Waals surface area contributed by atoms with Crippen LogP contribution in [0.4, 0.5) is 10.3 Å². The lowest BCUT2D eigenvalue weighted by Gasteiger charge is -2.15. The first-order chi connectivity index (χ1) is 10.0. The third-order valence-corrected chi connectivity index (χ3v) is 3.36. The van der Waals surface area contributed by atoms with Gasteiger partial charge in [0.25, 0.3) is 0 Å². The van der Waals surface area contributed by atoms with Gasteiger partial charge < -0.3 is 14.6 Å². The Morgan fingerprint density at radius 3 is 2.62 bits per heavy atom. The molecule has 0 amide bonds. The normalized spacial score (nSPS) is 12.4. The van der Waals surface area contributed by atoms with Crippen molar-refractivity contribution in [3.63, 3.8) is 0 Å². The number of rotatable bonds is 6. The molecule has 5 heteroatoms. The van der Waals surface area contributed by atoms with Gasteiger partial charge in [-0.3, -0.25) is 0 Å². The Balaban J connectivity index is 2.15. The Labute approximate surface area is 125 Å². The number of benzene rings is 1. The monoisotopic (exact) mass is 291 g/mol. The van der Waals surface area contributed by atoms with Crippen LogP contribution in [0.1, 0.15) is 23.6 Å². The van der Waals surface area contributed by atoms with Crippen molar-refractivity contribution in [2.24, 2.45) is 0 Å². The van der Waals surface area contributed by atoms with Crippen molar-refractivity contribution in [1.82, 2.24) is 9.55 Å². The molecule has 1 aromatic carbocycles. The largest absolute Gasteiger partial charge is 0.383 e. The summed E-state index contributed by atoms with van der Waals surface area (Å²) >= 11 is 0. The minimum Gasteiger partial charge on any atom is -0.383 e. The second kappa shape index (κ2) is 6.72. The van der Waals surface area contributed by atoms with Crippen molar-refractivity contribution in [2.45, 2.75) is 33.4 Å². The van der Waals surface area contributed by atoms with E-state index in [-0.39, 0.29) is 11.9 Å². The fourth-order valence-corrected chi connectivity index (χ4v) is 2.41. The van der Waals surface area contributed by atoms with Gasteiger partial charge in [-0.1, -0.05) is 12.1 Å². The molecule has 114 valence electrons. The minimum absolute atomic E-state index is 0.128. The minimum atomic E-state index is -0.128. The van der Waals surface area contributed by atoms with E-state index < -0.39 is 0 Å². The number of methoxy groups -OCH3 is 1. The van der Waals surface area contributed by atoms with Crippen molar-refractivity contribution in [1.29, 1.82) is 0 Å². The highest BCUT2D eigenvalue weighted by molar-refractivity contribution is 5.33. The van der Waals surface area contributed by atoms with Gasteiger partial charge in [0.05, 0.1) is 13.2 Å². The summed E-state index contributed by atoms with van der Waals surface area (Å²) in [7, 11) is 1.68. The zero-order valence-corrected chi connectivity index (χ0v) is 13.0. The van der Waals surface area contributed by atoms with Crippen LogP contribution < -0.4 is 5.32 Å². The van der Waals surface area contributed by atoms with Crippen molar-refractivity contribution in [3.8, 4) is 0 Å². The number of hydrogen-bond donors (Lipinski definition) is 1. The number of anilines is 1. The average Bonchev–Trinajstić information content (AvgIpc) is 2.83. The van der Waals surface area contributed by atoms with Crippen LogP contribution in [0.5, 0.6) is 0 Å².